The highest BCUT2D eigenvalue weighted by Crippen LogP contribution is 2.26. The molecule has 1 nitrogen and oxygen atoms in total. The third-order valence-corrected chi connectivity index (χ3v) is 7.04. The van der Waals surface area contributed by atoms with E-state index >= 15 is 0 Å². The van der Waals surface area contributed by atoms with Crippen LogP contribution in [0.2, 0.25) is 13.1 Å². The number of hydrogen-bond acceptors (Lipinski definition) is 1. The highest BCUT2D eigenvalue weighted by Gasteiger charge is 2.31. The van der Waals surface area contributed by atoms with Gasteiger partial charge in [-0.1, -0.05) is 54.7 Å². The van der Waals surface area contributed by atoms with Gasteiger partial charge in [-0.25, -0.2) is 0 Å². The Morgan fingerprint density at radius 3 is 2.37 bits per heavy atom. The van der Waals surface area contributed by atoms with Crippen LogP contribution in [0, 0.1) is 0 Å². The van der Waals surface area contributed by atoms with Crippen LogP contribution in [0.15, 0.2) is 47.7 Å². The Morgan fingerprint density at radius 2 is 1.79 bits per heavy atom. The maximum absolute atomic E-state index is 6.16. The molecule has 0 saturated carbocycles. The summed E-state index contributed by atoms with van der Waals surface area (Å²) in [5.41, 5.74) is -0.152. The maximum Gasteiger partial charge on any atom is 0.119 e. The summed E-state index contributed by atoms with van der Waals surface area (Å²) in [6, 6.07) is 8.53. The lowest BCUT2D eigenvalue weighted by Crippen LogP contribution is -2.45. The number of para-hydroxylation sites is 1. The average molecular weight is 272 g/mol. The summed E-state index contributed by atoms with van der Waals surface area (Å²) in [5, 5.41) is 2.90. The van der Waals surface area contributed by atoms with Crippen molar-refractivity contribution in [3.05, 3.63) is 47.7 Å². The molecule has 0 unspecified atom stereocenters. The number of ether oxygens (including phenoxy) is 1. The summed E-state index contributed by atoms with van der Waals surface area (Å²) in [6.45, 7) is 11.1. The fraction of sp³-hybridized carbons (Fsp3) is 0.412. The van der Waals surface area contributed by atoms with Crippen molar-refractivity contribution in [3.8, 4) is 5.75 Å². The Morgan fingerprint density at radius 1 is 1.11 bits per heavy atom. The van der Waals surface area contributed by atoms with Crippen LogP contribution in [0.25, 0.3) is 0 Å². The second kappa shape index (κ2) is 5.01. The summed E-state index contributed by atoms with van der Waals surface area (Å²) in [7, 11) is -1.64. The summed E-state index contributed by atoms with van der Waals surface area (Å²) >= 11 is 0. The first-order chi connectivity index (χ1) is 8.81. The van der Waals surface area contributed by atoms with E-state index in [0.29, 0.717) is 0 Å². The molecule has 19 heavy (non-hydrogen) atoms. The van der Waals surface area contributed by atoms with E-state index in [-0.39, 0.29) is 5.60 Å². The monoisotopic (exact) mass is 272 g/mol. The third-order valence-electron chi connectivity index (χ3n) is 3.47. The fourth-order valence-corrected chi connectivity index (χ4v) is 5.22. The first-order valence-electron chi connectivity index (χ1n) is 6.96. The largest absolute Gasteiger partial charge is 0.488 e. The molecule has 1 aliphatic rings. The molecule has 0 fully saturated rings. The summed E-state index contributed by atoms with van der Waals surface area (Å²) < 4.78 is 6.16. The molecule has 0 atom stereocenters. The van der Waals surface area contributed by atoms with Gasteiger partial charge in [0.2, 0.25) is 0 Å². The van der Waals surface area contributed by atoms with Gasteiger partial charge < -0.3 is 4.74 Å². The first-order valence-corrected chi connectivity index (χ1v) is 9.96. The second-order valence-electron chi connectivity index (χ2n) is 6.63. The van der Waals surface area contributed by atoms with Gasteiger partial charge in [-0.3, -0.25) is 0 Å². The van der Waals surface area contributed by atoms with Gasteiger partial charge in [0.25, 0.3) is 0 Å². The molecule has 0 N–H and O–H groups in total. The highest BCUT2D eigenvalue weighted by atomic mass is 28.3. The second-order valence-corrected chi connectivity index (χ2v) is 11.0. The zero-order valence-corrected chi connectivity index (χ0v) is 13.7. The molecule has 0 bridgehead atoms. The summed E-state index contributed by atoms with van der Waals surface area (Å²) in [5.74, 6) is 1.05. The maximum atomic E-state index is 6.16. The Hall–Kier alpha value is -1.28. The zero-order valence-electron chi connectivity index (χ0n) is 12.7. The number of rotatable bonds is 3. The standard InChI is InChI=1S/C17H24OSi/c1-17(2,3)18-15-12-8-9-13-16(15)19(4,5)14-10-6-7-11-14/h6,8-13H,7H2,1-5H3. The average Bonchev–Trinajstić information content (AvgIpc) is 2.81. The van der Waals surface area contributed by atoms with Crippen LogP contribution in [-0.2, 0) is 0 Å². The molecule has 1 aromatic carbocycles. The van der Waals surface area contributed by atoms with Crippen molar-refractivity contribution in [2.45, 2.75) is 45.9 Å². The molecule has 1 aliphatic carbocycles. The van der Waals surface area contributed by atoms with Crippen LogP contribution in [0.3, 0.4) is 0 Å². The summed E-state index contributed by atoms with van der Waals surface area (Å²) in [4.78, 5) is 0. The molecule has 0 radical (unpaired) electrons. The van der Waals surface area contributed by atoms with Crippen molar-refractivity contribution in [3.63, 3.8) is 0 Å². The lowest BCUT2D eigenvalue weighted by molar-refractivity contribution is 0.132. The van der Waals surface area contributed by atoms with Crippen LogP contribution in [0.4, 0.5) is 0 Å². The molecule has 2 rings (SSSR count). The van der Waals surface area contributed by atoms with Crippen molar-refractivity contribution < 1.29 is 4.74 Å². The van der Waals surface area contributed by atoms with Crippen molar-refractivity contribution in [2.24, 2.45) is 0 Å². The number of benzene rings is 1. The molecule has 0 amide bonds. The van der Waals surface area contributed by atoms with Gasteiger partial charge in [0.1, 0.15) is 19.4 Å². The zero-order chi connectivity index (χ0) is 14.1. The van der Waals surface area contributed by atoms with Crippen LogP contribution >= 0.6 is 0 Å². The molecular formula is C17H24OSi. The number of allylic oxidation sites excluding steroid dienone is 4. The van der Waals surface area contributed by atoms with Gasteiger partial charge in [0.15, 0.2) is 0 Å². The van der Waals surface area contributed by atoms with Crippen molar-refractivity contribution in [1.82, 2.24) is 0 Å². The van der Waals surface area contributed by atoms with Gasteiger partial charge in [-0.2, -0.15) is 0 Å². The molecule has 1 aromatic rings. The Balaban J connectivity index is 2.42. The molecule has 0 spiro atoms. The van der Waals surface area contributed by atoms with Gasteiger partial charge >= 0.3 is 0 Å². The minimum Gasteiger partial charge on any atom is -0.488 e. The van der Waals surface area contributed by atoms with E-state index in [0.717, 1.165) is 12.2 Å². The molecule has 0 aromatic heterocycles. The normalized spacial score (nSPS) is 15.5. The lowest BCUT2D eigenvalue weighted by atomic mass is 10.2. The third kappa shape index (κ3) is 3.18. The van der Waals surface area contributed by atoms with Crippen molar-refractivity contribution >= 4 is 13.3 Å². The predicted molar refractivity (Wildman–Crippen MR) is 85.8 cm³/mol. The van der Waals surface area contributed by atoms with E-state index in [1.165, 1.54) is 10.4 Å². The van der Waals surface area contributed by atoms with E-state index in [4.69, 9.17) is 4.74 Å². The molecule has 0 aliphatic heterocycles. The number of hydrogen-bond donors (Lipinski definition) is 0. The van der Waals surface area contributed by atoms with E-state index in [9.17, 15) is 0 Å². The van der Waals surface area contributed by atoms with Crippen LogP contribution in [-0.4, -0.2) is 13.7 Å². The Kier molecular flexibility index (Phi) is 3.72. The Labute approximate surface area is 118 Å². The lowest BCUT2D eigenvalue weighted by Gasteiger charge is -2.30. The smallest absolute Gasteiger partial charge is 0.119 e. The van der Waals surface area contributed by atoms with Gasteiger partial charge in [-0.05, 0) is 38.4 Å². The van der Waals surface area contributed by atoms with Gasteiger partial charge in [-0.15, -0.1) is 0 Å². The molecule has 0 heterocycles. The molecule has 0 saturated heterocycles. The van der Waals surface area contributed by atoms with E-state index in [1.54, 1.807) is 0 Å². The first kappa shape index (κ1) is 14.1. The summed E-state index contributed by atoms with van der Waals surface area (Å²) in [6.07, 6.45) is 7.98. The fourth-order valence-electron chi connectivity index (χ4n) is 2.48. The van der Waals surface area contributed by atoms with Crippen molar-refractivity contribution in [1.29, 1.82) is 0 Å². The molecular weight excluding hydrogens is 248 g/mol. The quantitative estimate of drug-likeness (QED) is 0.749. The minimum atomic E-state index is -1.64. The van der Waals surface area contributed by atoms with Crippen LogP contribution in [0.5, 0.6) is 5.75 Å². The van der Waals surface area contributed by atoms with Crippen LogP contribution in [0.1, 0.15) is 27.2 Å². The van der Waals surface area contributed by atoms with Crippen LogP contribution < -0.4 is 9.92 Å². The Bertz CT molecular complexity index is 518. The van der Waals surface area contributed by atoms with E-state index in [1.807, 2.05) is 0 Å². The molecule has 2 heteroatoms. The predicted octanol–water partition coefficient (Wildman–Crippen LogP) is 4.20. The molecule has 102 valence electrons. The minimum absolute atomic E-state index is 0.152. The van der Waals surface area contributed by atoms with Crippen molar-refractivity contribution in [2.75, 3.05) is 0 Å². The van der Waals surface area contributed by atoms with Gasteiger partial charge in [0.05, 0.1) is 0 Å². The van der Waals surface area contributed by atoms with E-state index in [2.05, 4.69) is 76.4 Å². The van der Waals surface area contributed by atoms with Gasteiger partial charge in [0, 0.05) is 0 Å². The topological polar surface area (TPSA) is 9.23 Å². The van der Waals surface area contributed by atoms with E-state index < -0.39 is 8.07 Å². The SMILES string of the molecule is CC(C)(C)Oc1ccccc1[Si](C)(C)C1=CCC=C1. The highest BCUT2D eigenvalue weighted by molar-refractivity contribution is 6.96.